The number of halogens is 3. The molecule has 30 heavy (non-hydrogen) atoms. The molecule has 0 aliphatic heterocycles. The minimum Gasteiger partial charge on any atom is -0.490 e. The zero-order chi connectivity index (χ0) is 21.7. The summed E-state index contributed by atoms with van der Waals surface area (Å²) in [5, 5.41) is 0.587. The van der Waals surface area contributed by atoms with Gasteiger partial charge in [0.05, 0.1) is 24.3 Å². The highest BCUT2D eigenvalue weighted by Gasteiger charge is 2.34. The average molecular weight is 420 g/mol. The van der Waals surface area contributed by atoms with Gasteiger partial charge in [-0.15, -0.1) is 0 Å². The molecule has 7 heteroatoms. The first kappa shape index (κ1) is 22.0. The third kappa shape index (κ3) is 4.56. The van der Waals surface area contributed by atoms with E-state index in [1.165, 1.54) is 6.07 Å². The van der Waals surface area contributed by atoms with Crippen molar-refractivity contribution < 1.29 is 22.6 Å². The van der Waals surface area contributed by atoms with Gasteiger partial charge in [-0.3, -0.25) is 0 Å². The lowest BCUT2D eigenvalue weighted by molar-refractivity contribution is -0.136. The van der Waals surface area contributed by atoms with Crippen LogP contribution in [0.25, 0.3) is 22.2 Å². The number of fused-ring (bicyclic) bond motifs is 1. The number of nitrogens with one attached hydrogen (secondary N) is 1. The largest absolute Gasteiger partial charge is 0.490 e. The van der Waals surface area contributed by atoms with E-state index < -0.39 is 11.7 Å². The van der Waals surface area contributed by atoms with Gasteiger partial charge in [0.1, 0.15) is 0 Å². The lowest BCUT2D eigenvalue weighted by atomic mass is 9.99. The highest BCUT2D eigenvalue weighted by Crippen LogP contribution is 2.41. The number of alkyl halides is 3. The second kappa shape index (κ2) is 9.43. The fraction of sp³-hybridized carbons (Fsp3) is 0.391. The molecule has 3 aromatic rings. The maximum absolute atomic E-state index is 13.6. The van der Waals surface area contributed by atoms with Crippen LogP contribution in [0.2, 0.25) is 0 Å². The fourth-order valence-electron chi connectivity index (χ4n) is 3.67. The summed E-state index contributed by atoms with van der Waals surface area (Å²) >= 11 is 0. The second-order valence-corrected chi connectivity index (χ2v) is 6.98. The number of hydrogen-bond donors (Lipinski definition) is 2. The standard InChI is InChI=1S/C23H27F3N2O2/c1-3-29-19-12-11-15(14-20(19)30-4-2)21-16(8-5-6-13-27)17-9-7-10-18(22(17)28-21)23(24,25)26/h7,9-12,14,28H,3-6,8,13,27H2,1-2H3. The van der Waals surface area contributed by atoms with Crippen LogP contribution < -0.4 is 15.2 Å². The van der Waals surface area contributed by atoms with Crippen LogP contribution in [0, 0.1) is 0 Å². The molecule has 0 aliphatic rings. The van der Waals surface area contributed by atoms with Gasteiger partial charge in [0, 0.05) is 16.6 Å². The summed E-state index contributed by atoms with van der Waals surface area (Å²) in [4.78, 5) is 3.06. The zero-order valence-corrected chi connectivity index (χ0v) is 17.2. The molecule has 0 aliphatic carbocycles. The van der Waals surface area contributed by atoms with Crippen molar-refractivity contribution in [3.05, 3.63) is 47.5 Å². The van der Waals surface area contributed by atoms with Crippen molar-refractivity contribution >= 4 is 10.9 Å². The van der Waals surface area contributed by atoms with Crippen LogP contribution in [-0.2, 0) is 12.6 Å². The Balaban J connectivity index is 2.18. The normalized spacial score (nSPS) is 11.8. The Morgan fingerprint density at radius 3 is 2.37 bits per heavy atom. The van der Waals surface area contributed by atoms with E-state index in [1.807, 2.05) is 26.0 Å². The zero-order valence-electron chi connectivity index (χ0n) is 17.2. The number of para-hydroxylation sites is 1. The number of unbranched alkanes of at least 4 members (excludes halogenated alkanes) is 1. The van der Waals surface area contributed by atoms with E-state index in [9.17, 15) is 13.2 Å². The van der Waals surface area contributed by atoms with Crippen molar-refractivity contribution in [3.63, 3.8) is 0 Å². The number of hydrogen-bond acceptors (Lipinski definition) is 3. The SMILES string of the molecule is CCOc1ccc(-c2[nH]c3c(C(F)(F)F)cccc3c2CCCCN)cc1OCC. The molecule has 3 rings (SSSR count). The van der Waals surface area contributed by atoms with Gasteiger partial charge in [-0.25, -0.2) is 0 Å². The number of aromatic amines is 1. The predicted octanol–water partition coefficient (Wildman–Crippen LogP) is 5.93. The van der Waals surface area contributed by atoms with Gasteiger partial charge in [0.2, 0.25) is 0 Å². The van der Waals surface area contributed by atoms with Crippen LogP contribution in [0.1, 0.15) is 37.8 Å². The molecule has 4 nitrogen and oxygen atoms in total. The first-order valence-electron chi connectivity index (χ1n) is 10.2. The van der Waals surface area contributed by atoms with Crippen LogP contribution in [0.5, 0.6) is 11.5 Å². The minimum atomic E-state index is -4.44. The van der Waals surface area contributed by atoms with E-state index in [0.717, 1.165) is 30.0 Å². The molecule has 1 aromatic heterocycles. The molecule has 0 spiro atoms. The Labute approximate surface area is 174 Å². The van der Waals surface area contributed by atoms with Crippen molar-refractivity contribution in [2.45, 2.75) is 39.3 Å². The number of benzene rings is 2. The second-order valence-electron chi connectivity index (χ2n) is 6.98. The fourth-order valence-corrected chi connectivity index (χ4v) is 3.67. The number of ether oxygens (including phenoxy) is 2. The van der Waals surface area contributed by atoms with Crippen molar-refractivity contribution in [2.24, 2.45) is 5.73 Å². The summed E-state index contributed by atoms with van der Waals surface area (Å²) in [5.41, 5.74) is 7.35. The molecule has 0 saturated heterocycles. The molecule has 3 N–H and O–H groups in total. The number of H-pyrrole nitrogens is 1. The predicted molar refractivity (Wildman–Crippen MR) is 113 cm³/mol. The van der Waals surface area contributed by atoms with Gasteiger partial charge < -0.3 is 20.2 Å². The highest BCUT2D eigenvalue weighted by molar-refractivity contribution is 5.93. The lowest BCUT2D eigenvalue weighted by Gasteiger charge is -2.13. The molecular formula is C23H27F3N2O2. The molecule has 0 unspecified atom stereocenters. The van der Waals surface area contributed by atoms with Crippen LogP contribution in [-0.4, -0.2) is 24.7 Å². The number of nitrogens with two attached hydrogens (primary N) is 1. The Morgan fingerprint density at radius 2 is 1.70 bits per heavy atom. The minimum absolute atomic E-state index is 0.106. The molecule has 0 radical (unpaired) electrons. The van der Waals surface area contributed by atoms with Crippen LogP contribution >= 0.6 is 0 Å². The molecule has 0 saturated carbocycles. The summed E-state index contributed by atoms with van der Waals surface area (Å²) in [7, 11) is 0. The van der Waals surface area contributed by atoms with Crippen molar-refractivity contribution in [1.29, 1.82) is 0 Å². The first-order valence-corrected chi connectivity index (χ1v) is 10.2. The van der Waals surface area contributed by atoms with Gasteiger partial charge in [-0.1, -0.05) is 12.1 Å². The summed E-state index contributed by atoms with van der Waals surface area (Å²) < 4.78 is 52.1. The topological polar surface area (TPSA) is 60.3 Å². The maximum atomic E-state index is 13.6. The van der Waals surface area contributed by atoms with Crippen molar-refractivity contribution in [3.8, 4) is 22.8 Å². The van der Waals surface area contributed by atoms with Gasteiger partial charge in [0.25, 0.3) is 0 Å². The van der Waals surface area contributed by atoms with E-state index in [2.05, 4.69) is 4.98 Å². The molecule has 0 bridgehead atoms. The van der Waals surface area contributed by atoms with Crippen LogP contribution in [0.3, 0.4) is 0 Å². The smallest absolute Gasteiger partial charge is 0.418 e. The Hall–Kier alpha value is -2.67. The Kier molecular flexibility index (Phi) is 6.92. The van der Waals surface area contributed by atoms with Crippen LogP contribution in [0.15, 0.2) is 36.4 Å². The van der Waals surface area contributed by atoms with Crippen LogP contribution in [0.4, 0.5) is 13.2 Å². The summed E-state index contributed by atoms with van der Waals surface area (Å²) in [6, 6.07) is 9.76. The third-order valence-corrected chi connectivity index (χ3v) is 4.96. The number of rotatable bonds is 9. The Morgan fingerprint density at radius 1 is 0.967 bits per heavy atom. The van der Waals surface area contributed by atoms with Crippen molar-refractivity contribution in [1.82, 2.24) is 4.98 Å². The van der Waals surface area contributed by atoms with Gasteiger partial charge in [-0.05, 0) is 69.5 Å². The monoisotopic (exact) mass is 420 g/mol. The number of aromatic nitrogens is 1. The van der Waals surface area contributed by atoms with Crippen molar-refractivity contribution in [2.75, 3.05) is 19.8 Å². The van der Waals surface area contributed by atoms with E-state index in [4.69, 9.17) is 15.2 Å². The molecule has 2 aromatic carbocycles. The quantitative estimate of drug-likeness (QED) is 0.422. The molecule has 1 heterocycles. The molecular weight excluding hydrogens is 393 g/mol. The summed E-state index contributed by atoms with van der Waals surface area (Å²) in [6.07, 6.45) is -2.21. The van der Waals surface area contributed by atoms with E-state index in [1.54, 1.807) is 12.1 Å². The van der Waals surface area contributed by atoms with E-state index in [0.29, 0.717) is 48.8 Å². The first-order chi connectivity index (χ1) is 14.4. The average Bonchev–Trinajstić information content (AvgIpc) is 3.08. The molecule has 0 atom stereocenters. The molecule has 0 amide bonds. The van der Waals surface area contributed by atoms with E-state index in [-0.39, 0.29) is 5.52 Å². The van der Waals surface area contributed by atoms with Gasteiger partial charge >= 0.3 is 6.18 Å². The Bertz CT molecular complexity index is 996. The summed E-state index contributed by atoms with van der Waals surface area (Å²) in [5.74, 6) is 1.18. The van der Waals surface area contributed by atoms with Gasteiger partial charge in [0.15, 0.2) is 11.5 Å². The summed E-state index contributed by atoms with van der Waals surface area (Å²) in [6.45, 7) is 5.25. The third-order valence-electron chi connectivity index (χ3n) is 4.96. The number of aryl methyl sites for hydroxylation is 1. The van der Waals surface area contributed by atoms with Gasteiger partial charge in [-0.2, -0.15) is 13.2 Å². The maximum Gasteiger partial charge on any atom is 0.418 e. The molecule has 162 valence electrons. The lowest BCUT2D eigenvalue weighted by Crippen LogP contribution is -2.05. The highest BCUT2D eigenvalue weighted by atomic mass is 19.4. The molecule has 0 fully saturated rings. The van der Waals surface area contributed by atoms with E-state index >= 15 is 0 Å².